The van der Waals surface area contributed by atoms with E-state index in [4.69, 9.17) is 19.2 Å². The third-order valence-electron chi connectivity index (χ3n) is 5.14. The van der Waals surface area contributed by atoms with Gasteiger partial charge in [-0.1, -0.05) is 29.5 Å². The molecule has 0 radical (unpaired) electrons. The minimum Gasteiger partial charge on any atom is -0.496 e. The molecule has 1 atom stereocenters. The highest BCUT2D eigenvalue weighted by Crippen LogP contribution is 2.37. The van der Waals surface area contributed by atoms with Crippen LogP contribution >= 0.6 is 11.3 Å². The maximum Gasteiger partial charge on any atom is 0.263 e. The van der Waals surface area contributed by atoms with Crippen molar-refractivity contribution in [2.24, 2.45) is 0 Å². The van der Waals surface area contributed by atoms with Gasteiger partial charge < -0.3 is 14.2 Å². The first-order chi connectivity index (χ1) is 14.1. The lowest BCUT2D eigenvalue weighted by molar-refractivity contribution is 0.0915. The topological polar surface area (TPSA) is 60.9 Å². The van der Waals surface area contributed by atoms with Crippen molar-refractivity contribution in [2.75, 3.05) is 32.3 Å². The van der Waals surface area contributed by atoms with Gasteiger partial charge in [-0.25, -0.2) is 4.98 Å². The van der Waals surface area contributed by atoms with Gasteiger partial charge in [0, 0.05) is 6.61 Å². The van der Waals surface area contributed by atoms with E-state index in [1.807, 2.05) is 31.2 Å². The van der Waals surface area contributed by atoms with E-state index in [2.05, 4.69) is 0 Å². The third kappa shape index (κ3) is 3.80. The standard InChI is InChI=1S/C22H24N2O4S/c1-14-10-11-18(27-3)19-20(14)29-22(23-19)24(13-15-7-6-12-28-15)21(25)16-8-4-5-9-17(16)26-2/h4-5,8-11,15H,6-7,12-13H2,1-3H3. The number of carbonyl (C=O) groups is 1. The van der Waals surface area contributed by atoms with Crippen LogP contribution in [0.25, 0.3) is 10.2 Å². The molecular formula is C22H24N2O4S. The Morgan fingerprint density at radius 3 is 2.72 bits per heavy atom. The smallest absolute Gasteiger partial charge is 0.263 e. The van der Waals surface area contributed by atoms with Crippen LogP contribution in [0.4, 0.5) is 5.13 Å². The summed E-state index contributed by atoms with van der Waals surface area (Å²) in [4.78, 5) is 20.1. The molecule has 3 aromatic rings. The lowest BCUT2D eigenvalue weighted by Crippen LogP contribution is -2.37. The number of anilines is 1. The van der Waals surface area contributed by atoms with Crippen molar-refractivity contribution < 1.29 is 19.0 Å². The predicted octanol–water partition coefficient (Wildman–Crippen LogP) is 4.45. The molecule has 0 spiro atoms. The van der Waals surface area contributed by atoms with E-state index in [1.54, 1.807) is 31.3 Å². The van der Waals surface area contributed by atoms with Crippen LogP contribution in [0.15, 0.2) is 36.4 Å². The number of carbonyl (C=O) groups excluding carboxylic acids is 1. The van der Waals surface area contributed by atoms with Gasteiger partial charge in [0.15, 0.2) is 5.13 Å². The number of aryl methyl sites for hydroxylation is 1. The fraction of sp³-hybridized carbons (Fsp3) is 0.364. The molecule has 152 valence electrons. The van der Waals surface area contributed by atoms with E-state index >= 15 is 0 Å². The number of thiazole rings is 1. The van der Waals surface area contributed by atoms with E-state index in [0.29, 0.717) is 28.7 Å². The largest absolute Gasteiger partial charge is 0.496 e. The summed E-state index contributed by atoms with van der Waals surface area (Å²) in [5, 5.41) is 0.638. The molecule has 0 aliphatic carbocycles. The van der Waals surface area contributed by atoms with Crippen LogP contribution in [0, 0.1) is 6.92 Å². The highest BCUT2D eigenvalue weighted by molar-refractivity contribution is 7.22. The maximum atomic E-state index is 13.6. The number of rotatable bonds is 6. The predicted molar refractivity (Wildman–Crippen MR) is 115 cm³/mol. The van der Waals surface area contributed by atoms with Crippen molar-refractivity contribution in [3.63, 3.8) is 0 Å². The van der Waals surface area contributed by atoms with Crippen molar-refractivity contribution in [2.45, 2.75) is 25.9 Å². The van der Waals surface area contributed by atoms with Crippen LogP contribution in [0.1, 0.15) is 28.8 Å². The molecule has 2 aromatic carbocycles. The number of amides is 1. The average molecular weight is 413 g/mol. The highest BCUT2D eigenvalue weighted by Gasteiger charge is 2.29. The molecule has 1 amide bonds. The molecule has 1 aromatic heterocycles. The van der Waals surface area contributed by atoms with Crippen LogP contribution < -0.4 is 14.4 Å². The zero-order chi connectivity index (χ0) is 20.4. The zero-order valence-electron chi connectivity index (χ0n) is 16.8. The summed E-state index contributed by atoms with van der Waals surface area (Å²) in [6.07, 6.45) is 1.94. The number of aromatic nitrogens is 1. The van der Waals surface area contributed by atoms with E-state index in [9.17, 15) is 4.79 Å². The molecule has 6 nitrogen and oxygen atoms in total. The number of benzene rings is 2. The second-order valence-electron chi connectivity index (χ2n) is 7.01. The second-order valence-corrected chi connectivity index (χ2v) is 7.99. The zero-order valence-corrected chi connectivity index (χ0v) is 17.6. The van der Waals surface area contributed by atoms with Crippen LogP contribution in [0.3, 0.4) is 0 Å². The summed E-state index contributed by atoms with van der Waals surface area (Å²) >= 11 is 1.50. The van der Waals surface area contributed by atoms with Gasteiger partial charge >= 0.3 is 0 Å². The summed E-state index contributed by atoms with van der Waals surface area (Å²) in [5.41, 5.74) is 2.39. The molecule has 2 heterocycles. The Bertz CT molecular complexity index is 1030. The fourth-order valence-electron chi connectivity index (χ4n) is 3.59. The molecule has 1 unspecified atom stereocenters. The number of hydrogen-bond acceptors (Lipinski definition) is 6. The van der Waals surface area contributed by atoms with Crippen molar-refractivity contribution in [3.05, 3.63) is 47.5 Å². The molecule has 0 N–H and O–H groups in total. The maximum absolute atomic E-state index is 13.6. The fourth-order valence-corrected chi connectivity index (χ4v) is 4.64. The van der Waals surface area contributed by atoms with Crippen molar-refractivity contribution in [3.8, 4) is 11.5 Å². The van der Waals surface area contributed by atoms with E-state index in [1.165, 1.54) is 11.3 Å². The molecule has 29 heavy (non-hydrogen) atoms. The van der Waals surface area contributed by atoms with Gasteiger partial charge in [-0.15, -0.1) is 0 Å². The van der Waals surface area contributed by atoms with Crippen molar-refractivity contribution in [1.29, 1.82) is 0 Å². The van der Waals surface area contributed by atoms with E-state index < -0.39 is 0 Å². The minimum atomic E-state index is -0.145. The first kappa shape index (κ1) is 19.7. The molecule has 0 bridgehead atoms. The Balaban J connectivity index is 1.79. The first-order valence-electron chi connectivity index (χ1n) is 9.63. The van der Waals surface area contributed by atoms with Gasteiger partial charge in [-0.2, -0.15) is 0 Å². The number of fused-ring (bicyclic) bond motifs is 1. The summed E-state index contributed by atoms with van der Waals surface area (Å²) in [7, 11) is 3.20. The summed E-state index contributed by atoms with van der Waals surface area (Å²) in [6.45, 7) is 3.22. The third-order valence-corrected chi connectivity index (χ3v) is 6.35. The van der Waals surface area contributed by atoms with Gasteiger partial charge in [-0.3, -0.25) is 9.69 Å². The molecule has 1 fully saturated rings. The molecule has 4 rings (SSSR count). The number of nitrogens with zero attached hydrogens (tertiary/aromatic N) is 2. The molecular weight excluding hydrogens is 388 g/mol. The van der Waals surface area contributed by atoms with E-state index in [0.717, 1.165) is 35.2 Å². The number of para-hydroxylation sites is 1. The van der Waals surface area contributed by atoms with Crippen LogP contribution in [0.5, 0.6) is 11.5 Å². The van der Waals surface area contributed by atoms with Gasteiger partial charge in [0.25, 0.3) is 5.91 Å². The van der Waals surface area contributed by atoms with E-state index in [-0.39, 0.29) is 12.0 Å². The summed E-state index contributed by atoms with van der Waals surface area (Å²) in [6, 6.07) is 11.2. The van der Waals surface area contributed by atoms with Crippen LogP contribution in [-0.4, -0.2) is 44.4 Å². The van der Waals surface area contributed by atoms with Gasteiger partial charge in [0.2, 0.25) is 0 Å². The van der Waals surface area contributed by atoms with Crippen LogP contribution in [-0.2, 0) is 4.74 Å². The Morgan fingerprint density at radius 1 is 1.21 bits per heavy atom. The van der Waals surface area contributed by atoms with Crippen molar-refractivity contribution in [1.82, 2.24) is 4.98 Å². The molecule has 7 heteroatoms. The average Bonchev–Trinajstić information content (AvgIpc) is 3.42. The lowest BCUT2D eigenvalue weighted by Gasteiger charge is -2.23. The Labute approximate surface area is 174 Å². The molecule has 1 aliphatic rings. The quantitative estimate of drug-likeness (QED) is 0.599. The molecule has 1 aliphatic heterocycles. The number of hydrogen-bond donors (Lipinski definition) is 0. The number of methoxy groups -OCH3 is 2. The Hall–Kier alpha value is -2.64. The highest BCUT2D eigenvalue weighted by atomic mass is 32.1. The normalized spacial score (nSPS) is 16.2. The van der Waals surface area contributed by atoms with Gasteiger partial charge in [-0.05, 0) is 43.5 Å². The SMILES string of the molecule is COc1ccccc1C(=O)N(CC1CCCO1)c1nc2c(OC)ccc(C)c2s1. The Morgan fingerprint density at radius 2 is 2.00 bits per heavy atom. The Kier molecular flexibility index (Phi) is 5.69. The number of ether oxygens (including phenoxy) is 3. The van der Waals surface area contributed by atoms with Crippen LogP contribution in [0.2, 0.25) is 0 Å². The second kappa shape index (κ2) is 8.39. The van der Waals surface area contributed by atoms with Gasteiger partial charge in [0.1, 0.15) is 17.0 Å². The van der Waals surface area contributed by atoms with Gasteiger partial charge in [0.05, 0.1) is 37.1 Å². The first-order valence-corrected chi connectivity index (χ1v) is 10.4. The van der Waals surface area contributed by atoms with Crippen molar-refractivity contribution >= 4 is 32.6 Å². The molecule has 0 saturated carbocycles. The molecule has 1 saturated heterocycles. The minimum absolute atomic E-state index is 0.00339. The monoisotopic (exact) mass is 412 g/mol. The summed E-state index contributed by atoms with van der Waals surface area (Å²) < 4.78 is 17.7. The lowest BCUT2D eigenvalue weighted by atomic mass is 10.1. The summed E-state index contributed by atoms with van der Waals surface area (Å²) in [5.74, 6) is 1.10.